The maximum absolute atomic E-state index is 13.1. The molecule has 4 aromatic rings. The number of nitrogens with zero attached hydrogens (tertiary/aromatic N) is 5. The molecule has 2 heterocycles. The number of carbonyl (C=O) groups excluding carboxylic acids is 1. The van der Waals surface area contributed by atoms with Crippen LogP contribution in [0.4, 0.5) is 5.69 Å². The monoisotopic (exact) mass is 431 g/mol. The molecule has 0 aliphatic heterocycles. The number of thioether (sulfide) groups is 1. The number of carbonyl (C=O) groups is 1. The van der Waals surface area contributed by atoms with Crippen molar-refractivity contribution in [2.75, 3.05) is 10.7 Å². The summed E-state index contributed by atoms with van der Waals surface area (Å²) < 4.78 is 3.99. The highest BCUT2D eigenvalue weighted by molar-refractivity contribution is 7.99. The molecule has 1 amide bonds. The minimum Gasteiger partial charge on any atom is -0.309 e. The first-order chi connectivity index (χ1) is 15.1. The SMILES string of the molecule is CC(C)N(C(=O)CSc1nnc(-n2cccc2)n1Cc1ccccc1)c1ccccc1. The molecule has 2 aromatic carbocycles. The molecule has 0 saturated heterocycles. The van der Waals surface area contributed by atoms with E-state index in [4.69, 9.17) is 0 Å². The van der Waals surface area contributed by atoms with Crippen molar-refractivity contribution in [3.05, 3.63) is 90.8 Å². The number of anilines is 1. The largest absolute Gasteiger partial charge is 0.309 e. The average molecular weight is 432 g/mol. The van der Waals surface area contributed by atoms with E-state index in [9.17, 15) is 4.79 Å². The fourth-order valence-corrected chi connectivity index (χ4v) is 4.26. The number of aromatic nitrogens is 4. The number of benzene rings is 2. The van der Waals surface area contributed by atoms with Gasteiger partial charge in [-0.25, -0.2) is 0 Å². The molecule has 31 heavy (non-hydrogen) atoms. The average Bonchev–Trinajstić information content (AvgIpc) is 3.44. The fraction of sp³-hybridized carbons (Fsp3) is 0.208. The molecule has 0 saturated carbocycles. The van der Waals surface area contributed by atoms with Gasteiger partial charge in [0.05, 0.1) is 12.3 Å². The van der Waals surface area contributed by atoms with E-state index in [2.05, 4.69) is 26.9 Å². The second-order valence-corrected chi connectivity index (χ2v) is 8.37. The molecule has 7 heteroatoms. The van der Waals surface area contributed by atoms with E-state index in [0.29, 0.717) is 6.54 Å². The van der Waals surface area contributed by atoms with Crippen LogP contribution in [0, 0.1) is 0 Å². The molecule has 0 radical (unpaired) electrons. The quantitative estimate of drug-likeness (QED) is 0.381. The lowest BCUT2D eigenvalue weighted by Crippen LogP contribution is -2.38. The van der Waals surface area contributed by atoms with Gasteiger partial charge in [-0.3, -0.25) is 13.9 Å². The maximum Gasteiger partial charge on any atom is 0.237 e. The Morgan fingerprint density at radius 3 is 2.23 bits per heavy atom. The van der Waals surface area contributed by atoms with E-state index >= 15 is 0 Å². The zero-order valence-corrected chi connectivity index (χ0v) is 18.4. The summed E-state index contributed by atoms with van der Waals surface area (Å²) in [7, 11) is 0. The minimum absolute atomic E-state index is 0.0444. The molecule has 0 bridgehead atoms. The third-order valence-corrected chi connectivity index (χ3v) is 5.81. The van der Waals surface area contributed by atoms with E-state index in [1.54, 1.807) is 0 Å². The summed E-state index contributed by atoms with van der Waals surface area (Å²) in [6.45, 7) is 4.68. The first-order valence-electron chi connectivity index (χ1n) is 10.2. The lowest BCUT2D eigenvalue weighted by atomic mass is 10.2. The van der Waals surface area contributed by atoms with E-state index < -0.39 is 0 Å². The lowest BCUT2D eigenvalue weighted by Gasteiger charge is -2.26. The van der Waals surface area contributed by atoms with Gasteiger partial charge in [0.15, 0.2) is 5.16 Å². The van der Waals surface area contributed by atoms with Crippen LogP contribution in [0.15, 0.2) is 90.3 Å². The lowest BCUT2D eigenvalue weighted by molar-refractivity contribution is -0.116. The number of hydrogen-bond donors (Lipinski definition) is 0. The molecular formula is C24H25N5OS. The van der Waals surface area contributed by atoms with Crippen LogP contribution in [-0.2, 0) is 11.3 Å². The van der Waals surface area contributed by atoms with E-state index in [-0.39, 0.29) is 17.7 Å². The Hall–Kier alpha value is -3.32. The van der Waals surface area contributed by atoms with Crippen molar-refractivity contribution in [3.8, 4) is 5.95 Å². The van der Waals surface area contributed by atoms with Gasteiger partial charge in [0.25, 0.3) is 0 Å². The molecule has 0 atom stereocenters. The van der Waals surface area contributed by atoms with Crippen LogP contribution in [0.25, 0.3) is 5.95 Å². The molecule has 0 fully saturated rings. The summed E-state index contributed by atoms with van der Waals surface area (Å²) in [6, 6.07) is 24.0. The van der Waals surface area contributed by atoms with Crippen LogP contribution in [0.1, 0.15) is 19.4 Å². The highest BCUT2D eigenvalue weighted by Crippen LogP contribution is 2.24. The van der Waals surface area contributed by atoms with Crippen LogP contribution >= 0.6 is 11.8 Å². The molecule has 4 rings (SSSR count). The van der Waals surface area contributed by atoms with Gasteiger partial charge in [-0.2, -0.15) is 0 Å². The summed E-state index contributed by atoms with van der Waals surface area (Å²) in [5.41, 5.74) is 2.05. The molecule has 0 aliphatic rings. The molecule has 158 valence electrons. The summed E-state index contributed by atoms with van der Waals surface area (Å²) >= 11 is 1.42. The van der Waals surface area contributed by atoms with E-state index in [0.717, 1.165) is 22.4 Å². The fourth-order valence-electron chi connectivity index (χ4n) is 3.47. The Morgan fingerprint density at radius 2 is 1.58 bits per heavy atom. The molecule has 0 aliphatic carbocycles. The Labute approximate surface area is 186 Å². The van der Waals surface area contributed by atoms with Crippen molar-refractivity contribution in [2.24, 2.45) is 0 Å². The first-order valence-corrected chi connectivity index (χ1v) is 11.2. The van der Waals surface area contributed by atoms with Gasteiger partial charge >= 0.3 is 0 Å². The number of rotatable bonds is 8. The van der Waals surface area contributed by atoms with Gasteiger partial charge in [-0.05, 0) is 43.7 Å². The van der Waals surface area contributed by atoms with Gasteiger partial charge < -0.3 is 4.90 Å². The Morgan fingerprint density at radius 1 is 0.935 bits per heavy atom. The summed E-state index contributed by atoms with van der Waals surface area (Å²) in [4.78, 5) is 14.9. The van der Waals surface area contributed by atoms with Crippen molar-refractivity contribution in [1.29, 1.82) is 0 Å². The molecule has 6 nitrogen and oxygen atoms in total. The minimum atomic E-state index is 0.0444. The molecule has 2 aromatic heterocycles. The van der Waals surface area contributed by atoms with Crippen molar-refractivity contribution in [2.45, 2.75) is 31.6 Å². The van der Waals surface area contributed by atoms with Crippen LogP contribution in [0.2, 0.25) is 0 Å². The molecule has 0 unspecified atom stereocenters. The number of para-hydroxylation sites is 1. The third kappa shape index (κ3) is 4.88. The van der Waals surface area contributed by atoms with Crippen LogP contribution < -0.4 is 4.90 Å². The summed E-state index contributed by atoms with van der Waals surface area (Å²) in [5.74, 6) is 1.06. The molecule has 0 spiro atoms. The third-order valence-electron chi connectivity index (χ3n) is 4.86. The van der Waals surface area contributed by atoms with Crippen molar-refractivity contribution in [1.82, 2.24) is 19.3 Å². The predicted octanol–water partition coefficient (Wildman–Crippen LogP) is 4.65. The van der Waals surface area contributed by atoms with Gasteiger partial charge in [0.1, 0.15) is 0 Å². The highest BCUT2D eigenvalue weighted by Gasteiger charge is 2.21. The van der Waals surface area contributed by atoms with Gasteiger partial charge in [-0.15, -0.1) is 10.2 Å². The summed E-state index contributed by atoms with van der Waals surface area (Å²) in [5, 5.41) is 9.52. The Kier molecular flexibility index (Phi) is 6.52. The zero-order chi connectivity index (χ0) is 21.6. The van der Waals surface area contributed by atoms with E-state index in [1.165, 1.54) is 11.8 Å². The smallest absolute Gasteiger partial charge is 0.237 e. The maximum atomic E-state index is 13.1. The van der Waals surface area contributed by atoms with Gasteiger partial charge in [0.2, 0.25) is 11.9 Å². The normalized spacial score (nSPS) is 11.1. The second kappa shape index (κ2) is 9.66. The summed E-state index contributed by atoms with van der Waals surface area (Å²) in [6.07, 6.45) is 3.89. The van der Waals surface area contributed by atoms with E-state index in [1.807, 2.05) is 96.4 Å². The number of amides is 1. The second-order valence-electron chi connectivity index (χ2n) is 7.43. The van der Waals surface area contributed by atoms with Crippen molar-refractivity contribution in [3.63, 3.8) is 0 Å². The zero-order valence-electron chi connectivity index (χ0n) is 17.6. The highest BCUT2D eigenvalue weighted by atomic mass is 32.2. The van der Waals surface area contributed by atoms with Crippen LogP contribution in [0.3, 0.4) is 0 Å². The van der Waals surface area contributed by atoms with Gasteiger partial charge in [-0.1, -0.05) is 60.3 Å². The van der Waals surface area contributed by atoms with Crippen LogP contribution in [-0.4, -0.2) is 37.0 Å². The Bertz CT molecular complexity index is 1110. The molecular weight excluding hydrogens is 406 g/mol. The topological polar surface area (TPSA) is 56.0 Å². The Balaban J connectivity index is 1.57. The van der Waals surface area contributed by atoms with Crippen molar-refractivity contribution >= 4 is 23.4 Å². The predicted molar refractivity (Wildman–Crippen MR) is 125 cm³/mol. The van der Waals surface area contributed by atoms with Crippen molar-refractivity contribution < 1.29 is 4.79 Å². The standard InChI is InChI=1S/C24H25N5OS/c1-19(2)29(21-13-7-4-8-14-21)22(30)18-31-24-26-25-23(27-15-9-10-16-27)28(24)17-20-11-5-3-6-12-20/h3-16,19H,17-18H2,1-2H3. The number of hydrogen-bond acceptors (Lipinski definition) is 4. The van der Waals surface area contributed by atoms with Crippen LogP contribution in [0.5, 0.6) is 0 Å². The molecule has 0 N–H and O–H groups in total. The van der Waals surface area contributed by atoms with Gasteiger partial charge in [0, 0.05) is 24.1 Å². The first kappa shape index (κ1) is 20.9.